The largest absolute Gasteiger partial charge is 0.341 e. The van der Waals surface area contributed by atoms with Crippen molar-refractivity contribution in [1.82, 2.24) is 14.5 Å². The molecule has 28 heavy (non-hydrogen) atoms. The number of likely N-dealkylation sites (tertiary alicyclic amines) is 1. The quantitative estimate of drug-likeness (QED) is 0.572. The van der Waals surface area contributed by atoms with E-state index in [9.17, 15) is 4.79 Å². The minimum absolute atomic E-state index is 0.215. The Bertz CT molecular complexity index is 975. The van der Waals surface area contributed by atoms with Gasteiger partial charge >= 0.3 is 0 Å². The van der Waals surface area contributed by atoms with Crippen molar-refractivity contribution in [3.63, 3.8) is 0 Å². The number of fused-ring (bicyclic) bond motifs is 1. The molecule has 0 spiro atoms. The smallest absolute Gasteiger partial charge is 0.245 e. The van der Waals surface area contributed by atoms with Crippen molar-refractivity contribution in [3.05, 3.63) is 64.9 Å². The molecule has 146 valence electrons. The number of rotatable bonds is 6. The zero-order chi connectivity index (χ0) is 19.5. The van der Waals surface area contributed by atoms with Crippen LogP contribution >= 0.6 is 11.6 Å². The predicted octanol–water partition coefficient (Wildman–Crippen LogP) is 5.24. The van der Waals surface area contributed by atoms with E-state index in [1.54, 1.807) is 0 Å². The molecule has 3 aromatic rings. The molecule has 2 heterocycles. The highest BCUT2D eigenvalue weighted by Crippen LogP contribution is 2.29. The normalized spacial score (nSPS) is 15.3. The van der Waals surface area contributed by atoms with Crippen LogP contribution in [-0.2, 0) is 11.2 Å². The number of nitrogens with zero attached hydrogens (tertiary/aromatic N) is 3. The molecule has 1 amide bonds. The molecule has 0 N–H and O–H groups in total. The van der Waals surface area contributed by atoms with Crippen LogP contribution in [0, 0.1) is 0 Å². The molecule has 5 heteroatoms. The lowest BCUT2D eigenvalue weighted by atomic mass is 10.1. The Labute approximate surface area is 171 Å². The Morgan fingerprint density at radius 1 is 1.11 bits per heavy atom. The SMILES string of the molecule is CCCC(C(=O)N1CCCC1)n1c(Cc2ccccc2Cl)nc2ccccc21. The fourth-order valence-corrected chi connectivity index (χ4v) is 4.37. The highest BCUT2D eigenvalue weighted by atomic mass is 35.5. The fourth-order valence-electron chi connectivity index (χ4n) is 4.16. The van der Waals surface area contributed by atoms with Gasteiger partial charge in [-0.1, -0.05) is 55.3 Å². The molecule has 0 aliphatic carbocycles. The number of halogens is 1. The molecule has 1 aliphatic rings. The Kier molecular flexibility index (Phi) is 5.67. The lowest BCUT2D eigenvalue weighted by molar-refractivity contribution is -0.133. The van der Waals surface area contributed by atoms with Gasteiger partial charge in [0, 0.05) is 24.5 Å². The van der Waals surface area contributed by atoms with E-state index in [1.807, 2.05) is 47.4 Å². The number of para-hydroxylation sites is 2. The summed E-state index contributed by atoms with van der Waals surface area (Å²) in [5.74, 6) is 1.13. The summed E-state index contributed by atoms with van der Waals surface area (Å²) in [5.41, 5.74) is 2.99. The number of carbonyl (C=O) groups excluding carboxylic acids is 1. The van der Waals surface area contributed by atoms with Crippen LogP contribution in [0.1, 0.15) is 50.0 Å². The summed E-state index contributed by atoms with van der Waals surface area (Å²) in [7, 11) is 0. The van der Waals surface area contributed by atoms with Gasteiger partial charge in [0.1, 0.15) is 11.9 Å². The van der Waals surface area contributed by atoms with Crippen molar-refractivity contribution in [2.45, 2.75) is 45.1 Å². The van der Waals surface area contributed by atoms with Gasteiger partial charge in [-0.2, -0.15) is 0 Å². The summed E-state index contributed by atoms with van der Waals surface area (Å²) < 4.78 is 2.17. The Hall–Kier alpha value is -2.33. The number of aromatic nitrogens is 2. The molecule has 0 radical (unpaired) electrons. The van der Waals surface area contributed by atoms with Crippen LogP contribution in [0.4, 0.5) is 0 Å². The Balaban J connectivity index is 1.80. The van der Waals surface area contributed by atoms with Crippen LogP contribution in [0.15, 0.2) is 48.5 Å². The molecule has 2 aromatic carbocycles. The van der Waals surface area contributed by atoms with E-state index in [0.29, 0.717) is 6.42 Å². The maximum absolute atomic E-state index is 13.4. The third-order valence-electron chi connectivity index (χ3n) is 5.55. The number of imidazole rings is 1. The number of carbonyl (C=O) groups is 1. The van der Waals surface area contributed by atoms with Crippen molar-refractivity contribution in [1.29, 1.82) is 0 Å². The third kappa shape index (κ3) is 3.66. The van der Waals surface area contributed by atoms with Crippen LogP contribution in [0.2, 0.25) is 5.02 Å². The Morgan fingerprint density at radius 3 is 2.57 bits per heavy atom. The van der Waals surface area contributed by atoms with Gasteiger partial charge in [0.05, 0.1) is 11.0 Å². The summed E-state index contributed by atoms with van der Waals surface area (Å²) in [6.45, 7) is 3.87. The number of benzene rings is 2. The summed E-state index contributed by atoms with van der Waals surface area (Å²) >= 11 is 6.42. The topological polar surface area (TPSA) is 38.1 Å². The molecule has 0 bridgehead atoms. The van der Waals surface area contributed by atoms with Gasteiger partial charge in [0.25, 0.3) is 0 Å². The van der Waals surface area contributed by atoms with Gasteiger partial charge in [0.15, 0.2) is 0 Å². The number of amides is 1. The van der Waals surface area contributed by atoms with E-state index in [4.69, 9.17) is 16.6 Å². The molecule has 1 atom stereocenters. The average Bonchev–Trinajstić information content (AvgIpc) is 3.35. The first-order valence-corrected chi connectivity index (χ1v) is 10.5. The van der Waals surface area contributed by atoms with Gasteiger partial charge < -0.3 is 9.47 Å². The maximum Gasteiger partial charge on any atom is 0.245 e. The summed E-state index contributed by atoms with van der Waals surface area (Å²) in [6.07, 6.45) is 4.57. The second-order valence-corrected chi connectivity index (χ2v) is 7.90. The highest BCUT2D eigenvalue weighted by Gasteiger charge is 2.30. The van der Waals surface area contributed by atoms with Crippen molar-refractivity contribution >= 4 is 28.5 Å². The molecule has 1 aromatic heterocycles. The molecule has 1 unspecified atom stereocenters. The van der Waals surface area contributed by atoms with Gasteiger partial charge in [-0.3, -0.25) is 4.79 Å². The zero-order valence-electron chi connectivity index (χ0n) is 16.3. The van der Waals surface area contributed by atoms with Crippen LogP contribution in [0.5, 0.6) is 0 Å². The first-order valence-electron chi connectivity index (χ1n) is 10.2. The van der Waals surface area contributed by atoms with E-state index in [-0.39, 0.29) is 11.9 Å². The number of hydrogen-bond acceptors (Lipinski definition) is 2. The molecular formula is C23H26ClN3O. The van der Waals surface area contributed by atoms with E-state index in [0.717, 1.165) is 66.2 Å². The van der Waals surface area contributed by atoms with Gasteiger partial charge in [0.2, 0.25) is 5.91 Å². The predicted molar refractivity (Wildman–Crippen MR) is 114 cm³/mol. The molecule has 0 saturated carbocycles. The van der Waals surface area contributed by atoms with Crippen LogP contribution < -0.4 is 0 Å². The standard InChI is InChI=1S/C23H26ClN3O/c1-2-9-21(23(28)26-14-7-8-15-26)27-20-13-6-5-12-19(20)25-22(27)16-17-10-3-4-11-18(17)24/h3-6,10-13,21H,2,7-9,14-16H2,1H3. The van der Waals surface area contributed by atoms with Crippen LogP contribution in [0.3, 0.4) is 0 Å². The Morgan fingerprint density at radius 2 is 1.82 bits per heavy atom. The van der Waals surface area contributed by atoms with Gasteiger partial charge in [-0.05, 0) is 43.0 Å². The van der Waals surface area contributed by atoms with Crippen molar-refractivity contribution in [2.24, 2.45) is 0 Å². The summed E-state index contributed by atoms with van der Waals surface area (Å²) in [6, 6.07) is 15.8. The molecule has 4 rings (SSSR count). The minimum atomic E-state index is -0.215. The van der Waals surface area contributed by atoms with E-state index in [1.165, 1.54) is 0 Å². The third-order valence-corrected chi connectivity index (χ3v) is 5.92. The van der Waals surface area contributed by atoms with Gasteiger partial charge in [-0.15, -0.1) is 0 Å². The molecule has 1 fully saturated rings. The van der Waals surface area contributed by atoms with E-state index in [2.05, 4.69) is 17.6 Å². The molecular weight excluding hydrogens is 370 g/mol. The number of hydrogen-bond donors (Lipinski definition) is 0. The first kappa shape index (κ1) is 19.0. The van der Waals surface area contributed by atoms with Crippen molar-refractivity contribution in [3.8, 4) is 0 Å². The van der Waals surface area contributed by atoms with E-state index >= 15 is 0 Å². The maximum atomic E-state index is 13.4. The monoisotopic (exact) mass is 395 g/mol. The second-order valence-electron chi connectivity index (χ2n) is 7.49. The fraction of sp³-hybridized carbons (Fsp3) is 0.391. The average molecular weight is 396 g/mol. The summed E-state index contributed by atoms with van der Waals surface area (Å²) in [5, 5.41) is 0.735. The second kappa shape index (κ2) is 8.36. The molecule has 1 aliphatic heterocycles. The lowest BCUT2D eigenvalue weighted by Crippen LogP contribution is -2.35. The molecule has 4 nitrogen and oxygen atoms in total. The minimum Gasteiger partial charge on any atom is -0.341 e. The van der Waals surface area contributed by atoms with Crippen molar-refractivity contribution < 1.29 is 4.79 Å². The first-order chi connectivity index (χ1) is 13.7. The van der Waals surface area contributed by atoms with Crippen LogP contribution in [-0.4, -0.2) is 33.4 Å². The molecule has 1 saturated heterocycles. The highest BCUT2D eigenvalue weighted by molar-refractivity contribution is 6.31. The van der Waals surface area contributed by atoms with Crippen molar-refractivity contribution in [2.75, 3.05) is 13.1 Å². The van der Waals surface area contributed by atoms with E-state index < -0.39 is 0 Å². The zero-order valence-corrected chi connectivity index (χ0v) is 17.0. The van der Waals surface area contributed by atoms with Gasteiger partial charge in [-0.25, -0.2) is 4.98 Å². The summed E-state index contributed by atoms with van der Waals surface area (Å²) in [4.78, 5) is 20.3. The van der Waals surface area contributed by atoms with Crippen LogP contribution in [0.25, 0.3) is 11.0 Å². The lowest BCUT2D eigenvalue weighted by Gasteiger charge is -2.26.